The van der Waals surface area contributed by atoms with Crippen LogP contribution < -0.4 is 5.32 Å². The van der Waals surface area contributed by atoms with Crippen molar-refractivity contribution < 1.29 is 0 Å². The quantitative estimate of drug-likeness (QED) is 0.918. The van der Waals surface area contributed by atoms with Gasteiger partial charge < -0.3 is 5.32 Å². The van der Waals surface area contributed by atoms with Gasteiger partial charge in [0.1, 0.15) is 5.82 Å². The molecule has 0 saturated carbocycles. The van der Waals surface area contributed by atoms with Crippen molar-refractivity contribution in [1.82, 2.24) is 14.3 Å². The fraction of sp³-hybridized carbons (Fsp3) is 0.462. The maximum atomic E-state index is 4.50. The monoisotopic (exact) mass is 260 g/mol. The van der Waals surface area contributed by atoms with Crippen molar-refractivity contribution in [1.29, 1.82) is 0 Å². The summed E-state index contributed by atoms with van der Waals surface area (Å²) in [6.45, 7) is 2.98. The smallest absolute Gasteiger partial charge is 0.202 e. The Kier molecular flexibility index (Phi) is 3.23. The first-order valence-corrected chi connectivity index (χ1v) is 7.14. The van der Waals surface area contributed by atoms with Crippen LogP contribution in [0.2, 0.25) is 0 Å². The minimum Gasteiger partial charge on any atom is -0.360 e. The van der Waals surface area contributed by atoms with Crippen molar-refractivity contribution in [3.05, 3.63) is 35.4 Å². The van der Waals surface area contributed by atoms with Gasteiger partial charge in [-0.25, -0.2) is 4.98 Å². The van der Waals surface area contributed by atoms with Gasteiger partial charge in [0.25, 0.3) is 0 Å². The molecule has 94 valence electrons. The molecule has 1 aliphatic rings. The number of fused-ring (bicyclic) bond motifs is 1. The van der Waals surface area contributed by atoms with Crippen molar-refractivity contribution in [3.8, 4) is 0 Å². The third-order valence-corrected chi connectivity index (χ3v) is 4.07. The first kappa shape index (κ1) is 11.6. The van der Waals surface area contributed by atoms with E-state index >= 15 is 0 Å². The minimum atomic E-state index is 0.509. The molecule has 2 aromatic rings. The van der Waals surface area contributed by atoms with Crippen LogP contribution in [0, 0.1) is 0 Å². The number of rotatable bonds is 4. The SMILES string of the molecule is CCc1nsc(NC[C@@H]2CCc3cccnc32)n1. The zero-order valence-corrected chi connectivity index (χ0v) is 11.2. The van der Waals surface area contributed by atoms with E-state index in [1.807, 2.05) is 12.3 Å². The Morgan fingerprint density at radius 2 is 2.44 bits per heavy atom. The summed E-state index contributed by atoms with van der Waals surface area (Å²) in [5.41, 5.74) is 2.65. The molecular weight excluding hydrogens is 244 g/mol. The Balaban J connectivity index is 1.65. The molecule has 1 N–H and O–H groups in total. The lowest BCUT2D eigenvalue weighted by molar-refractivity contribution is 0.694. The molecular formula is C13H16N4S. The normalized spacial score (nSPS) is 17.7. The molecule has 18 heavy (non-hydrogen) atoms. The van der Waals surface area contributed by atoms with Gasteiger partial charge in [0.15, 0.2) is 0 Å². The number of aryl methyl sites for hydroxylation is 2. The van der Waals surface area contributed by atoms with Gasteiger partial charge in [-0.3, -0.25) is 4.98 Å². The molecule has 1 atom stereocenters. The molecule has 5 heteroatoms. The van der Waals surface area contributed by atoms with Gasteiger partial charge in [-0.2, -0.15) is 4.37 Å². The average Bonchev–Trinajstić information content (AvgIpc) is 3.03. The van der Waals surface area contributed by atoms with E-state index in [9.17, 15) is 0 Å². The summed E-state index contributed by atoms with van der Waals surface area (Å²) in [7, 11) is 0. The van der Waals surface area contributed by atoms with Gasteiger partial charge in [-0.15, -0.1) is 0 Å². The van der Waals surface area contributed by atoms with Crippen LogP contribution in [0.1, 0.15) is 36.3 Å². The Morgan fingerprint density at radius 1 is 1.50 bits per heavy atom. The van der Waals surface area contributed by atoms with Crippen LogP contribution in [-0.4, -0.2) is 20.9 Å². The number of hydrogen-bond acceptors (Lipinski definition) is 5. The van der Waals surface area contributed by atoms with E-state index in [0.29, 0.717) is 5.92 Å². The van der Waals surface area contributed by atoms with Crippen LogP contribution in [0.15, 0.2) is 18.3 Å². The lowest BCUT2D eigenvalue weighted by Gasteiger charge is -2.10. The highest BCUT2D eigenvalue weighted by Gasteiger charge is 2.23. The third-order valence-electron chi connectivity index (χ3n) is 3.36. The second-order valence-electron chi connectivity index (χ2n) is 4.53. The predicted molar refractivity (Wildman–Crippen MR) is 73.1 cm³/mol. The van der Waals surface area contributed by atoms with Gasteiger partial charge in [0, 0.05) is 42.3 Å². The molecule has 0 aromatic carbocycles. The van der Waals surface area contributed by atoms with Gasteiger partial charge >= 0.3 is 0 Å². The van der Waals surface area contributed by atoms with Crippen molar-refractivity contribution in [2.24, 2.45) is 0 Å². The Bertz CT molecular complexity index is 537. The van der Waals surface area contributed by atoms with Crippen molar-refractivity contribution in [3.63, 3.8) is 0 Å². The number of aromatic nitrogens is 3. The zero-order valence-electron chi connectivity index (χ0n) is 10.4. The van der Waals surface area contributed by atoms with Crippen LogP contribution in [0.4, 0.5) is 5.13 Å². The summed E-state index contributed by atoms with van der Waals surface area (Å²) in [6, 6.07) is 4.20. The van der Waals surface area contributed by atoms with E-state index < -0.39 is 0 Å². The first-order chi connectivity index (χ1) is 8.86. The molecule has 1 aliphatic carbocycles. The minimum absolute atomic E-state index is 0.509. The van der Waals surface area contributed by atoms with Crippen LogP contribution in [-0.2, 0) is 12.8 Å². The maximum absolute atomic E-state index is 4.50. The molecule has 2 heterocycles. The van der Waals surface area contributed by atoms with Gasteiger partial charge in [0.05, 0.1) is 0 Å². The first-order valence-electron chi connectivity index (χ1n) is 6.37. The average molecular weight is 260 g/mol. The molecule has 0 saturated heterocycles. The number of nitrogens with zero attached hydrogens (tertiary/aromatic N) is 3. The highest BCUT2D eigenvalue weighted by atomic mass is 32.1. The molecule has 0 unspecified atom stereocenters. The third kappa shape index (κ3) is 2.22. The second-order valence-corrected chi connectivity index (χ2v) is 5.29. The number of pyridine rings is 1. The van der Waals surface area contributed by atoms with Crippen LogP contribution in [0.3, 0.4) is 0 Å². The fourth-order valence-corrected chi connectivity index (χ4v) is 3.03. The molecule has 0 radical (unpaired) electrons. The topological polar surface area (TPSA) is 50.7 Å². The zero-order chi connectivity index (χ0) is 12.4. The predicted octanol–water partition coefficient (Wildman–Crippen LogP) is 2.64. The molecule has 0 spiro atoms. The van der Waals surface area contributed by atoms with Crippen LogP contribution in [0.25, 0.3) is 0 Å². The highest BCUT2D eigenvalue weighted by molar-refractivity contribution is 7.09. The molecule has 4 nitrogen and oxygen atoms in total. The highest BCUT2D eigenvalue weighted by Crippen LogP contribution is 2.31. The molecule has 3 rings (SSSR count). The van der Waals surface area contributed by atoms with Crippen molar-refractivity contribution in [2.75, 3.05) is 11.9 Å². The molecule has 0 bridgehead atoms. The van der Waals surface area contributed by atoms with Crippen LogP contribution in [0.5, 0.6) is 0 Å². The summed E-state index contributed by atoms with van der Waals surface area (Å²) >= 11 is 1.45. The van der Waals surface area contributed by atoms with Crippen LogP contribution >= 0.6 is 11.5 Å². The summed E-state index contributed by atoms with van der Waals surface area (Å²) in [5, 5.41) is 4.31. The molecule has 2 aromatic heterocycles. The summed E-state index contributed by atoms with van der Waals surface area (Å²) in [5.74, 6) is 1.43. The van der Waals surface area contributed by atoms with E-state index in [1.54, 1.807) is 0 Å². The second kappa shape index (κ2) is 5.02. The van der Waals surface area contributed by atoms with Gasteiger partial charge in [-0.05, 0) is 24.5 Å². The van der Waals surface area contributed by atoms with E-state index in [-0.39, 0.29) is 0 Å². The molecule has 0 fully saturated rings. The Labute approximate surface area is 111 Å². The van der Waals surface area contributed by atoms with E-state index in [4.69, 9.17) is 0 Å². The lowest BCUT2D eigenvalue weighted by atomic mass is 10.1. The molecule has 0 amide bonds. The van der Waals surface area contributed by atoms with Gasteiger partial charge in [-0.1, -0.05) is 13.0 Å². The Hall–Kier alpha value is -1.49. The molecule has 0 aliphatic heterocycles. The maximum Gasteiger partial charge on any atom is 0.202 e. The van der Waals surface area contributed by atoms with E-state index in [1.165, 1.54) is 29.2 Å². The standard InChI is InChI=1S/C13H16N4S/c1-2-11-16-13(18-17-11)15-8-10-6-5-9-4-3-7-14-12(9)10/h3-4,7,10H,2,5-6,8H2,1H3,(H,15,16,17)/t10-/m0/s1. The van der Waals surface area contributed by atoms with Crippen molar-refractivity contribution in [2.45, 2.75) is 32.1 Å². The summed E-state index contributed by atoms with van der Waals surface area (Å²) < 4.78 is 4.28. The van der Waals surface area contributed by atoms with E-state index in [2.05, 4.69) is 32.6 Å². The van der Waals surface area contributed by atoms with Crippen molar-refractivity contribution >= 4 is 16.7 Å². The summed E-state index contributed by atoms with van der Waals surface area (Å²) in [6.07, 6.45) is 5.11. The number of anilines is 1. The van der Waals surface area contributed by atoms with E-state index in [0.717, 1.165) is 30.3 Å². The number of hydrogen-bond donors (Lipinski definition) is 1. The summed E-state index contributed by atoms with van der Waals surface area (Å²) in [4.78, 5) is 8.92. The largest absolute Gasteiger partial charge is 0.360 e. The Morgan fingerprint density at radius 3 is 3.28 bits per heavy atom. The van der Waals surface area contributed by atoms with Gasteiger partial charge in [0.2, 0.25) is 5.13 Å². The lowest BCUT2D eigenvalue weighted by Crippen LogP contribution is -2.11. The fourth-order valence-electron chi connectivity index (χ4n) is 2.37. The number of nitrogens with one attached hydrogen (secondary N) is 1.